The molecule has 4 saturated carbocycles. The van der Waals surface area contributed by atoms with E-state index in [0.717, 1.165) is 38.5 Å². The van der Waals surface area contributed by atoms with E-state index in [4.69, 9.17) is 4.74 Å². The first kappa shape index (κ1) is 26.3. The number of carbonyl (C=O) groups excluding carboxylic acids is 1. The third kappa shape index (κ3) is 3.44. The maximum absolute atomic E-state index is 13.0. The monoisotopic (exact) mass is 498 g/mol. The highest BCUT2D eigenvalue weighted by atomic mass is 16.5. The van der Waals surface area contributed by atoms with Crippen LogP contribution in [0.5, 0.6) is 0 Å². The van der Waals surface area contributed by atoms with Gasteiger partial charge in [0.2, 0.25) is 0 Å². The average molecular weight is 499 g/mol. The molecule has 0 saturated heterocycles. The molecule has 0 spiro atoms. The van der Waals surface area contributed by atoms with Gasteiger partial charge in [-0.05, 0) is 97.7 Å². The maximum atomic E-state index is 13.0. The number of hydrogen-bond donors (Lipinski definition) is 1. The minimum atomic E-state index is -0.584. The van der Waals surface area contributed by atoms with E-state index < -0.39 is 5.97 Å². The molecule has 3 unspecified atom stereocenters. The average Bonchev–Trinajstić information content (AvgIpc) is 2.75. The minimum Gasteiger partial charge on any atom is -0.481 e. The molecular formula is C32H50O4. The van der Waals surface area contributed by atoms with Gasteiger partial charge in [-0.1, -0.05) is 60.1 Å². The summed E-state index contributed by atoms with van der Waals surface area (Å²) in [5.41, 5.74) is 1.53. The summed E-state index contributed by atoms with van der Waals surface area (Å²) in [6, 6.07) is 0. The quantitative estimate of drug-likeness (QED) is 0.313. The number of carboxylic acid groups (broad SMARTS) is 1. The fraction of sp³-hybridized carbons (Fsp3) is 0.875. The molecule has 0 radical (unpaired) electrons. The summed E-state index contributed by atoms with van der Waals surface area (Å²) in [5, 5.41) is 10.7. The van der Waals surface area contributed by atoms with Gasteiger partial charge in [-0.15, -0.1) is 0 Å². The highest BCUT2D eigenvalue weighted by molar-refractivity contribution is 5.73. The second-order valence-electron chi connectivity index (χ2n) is 15.5. The van der Waals surface area contributed by atoms with Crippen molar-refractivity contribution in [3.8, 4) is 0 Å². The van der Waals surface area contributed by atoms with Gasteiger partial charge < -0.3 is 9.84 Å². The van der Waals surface area contributed by atoms with Crippen molar-refractivity contribution >= 4 is 11.9 Å². The number of esters is 1. The number of ether oxygens (including phenoxy) is 1. The van der Waals surface area contributed by atoms with Crippen LogP contribution in [-0.2, 0) is 14.3 Å². The molecule has 9 atom stereocenters. The Labute approximate surface area is 219 Å². The van der Waals surface area contributed by atoms with Gasteiger partial charge >= 0.3 is 11.9 Å². The molecule has 1 N–H and O–H groups in total. The molecule has 4 heteroatoms. The highest BCUT2D eigenvalue weighted by Gasteiger charge is 2.70. The summed E-state index contributed by atoms with van der Waals surface area (Å²) in [4.78, 5) is 24.9. The second-order valence-corrected chi connectivity index (χ2v) is 15.5. The van der Waals surface area contributed by atoms with E-state index in [-0.39, 0.29) is 39.7 Å². The van der Waals surface area contributed by atoms with Gasteiger partial charge in [0.15, 0.2) is 0 Å². The molecule has 0 amide bonds. The lowest BCUT2D eigenvalue weighted by Crippen LogP contribution is -2.66. The van der Waals surface area contributed by atoms with Gasteiger partial charge in [-0.25, -0.2) is 0 Å². The molecule has 202 valence electrons. The smallest absolute Gasteiger partial charge is 0.307 e. The fourth-order valence-electron chi connectivity index (χ4n) is 11.2. The summed E-state index contributed by atoms with van der Waals surface area (Å²) in [5.74, 6) is 0.909. The van der Waals surface area contributed by atoms with Crippen molar-refractivity contribution in [1.82, 2.24) is 0 Å². The van der Waals surface area contributed by atoms with E-state index in [1.54, 1.807) is 0 Å². The minimum absolute atomic E-state index is 0.0330. The van der Waals surface area contributed by atoms with Gasteiger partial charge in [0, 0.05) is 17.8 Å². The molecule has 5 rings (SSSR count). The molecule has 0 aliphatic heterocycles. The third-order valence-corrected chi connectivity index (χ3v) is 13.1. The molecule has 0 bridgehead atoms. The summed E-state index contributed by atoms with van der Waals surface area (Å²) in [6.45, 7) is 18.3. The number of aliphatic carboxylic acids is 1. The lowest BCUT2D eigenvalue weighted by Gasteiger charge is -2.71. The summed E-state index contributed by atoms with van der Waals surface area (Å²) < 4.78 is 5.87. The van der Waals surface area contributed by atoms with Crippen molar-refractivity contribution in [3.63, 3.8) is 0 Å². The van der Waals surface area contributed by atoms with Crippen LogP contribution in [0.4, 0.5) is 0 Å². The van der Waals surface area contributed by atoms with Crippen LogP contribution in [0.2, 0.25) is 0 Å². The predicted molar refractivity (Wildman–Crippen MR) is 142 cm³/mol. The van der Waals surface area contributed by atoms with Crippen molar-refractivity contribution in [2.75, 3.05) is 0 Å². The molecule has 5 aliphatic rings. The first-order valence-corrected chi connectivity index (χ1v) is 14.7. The standard InChI is InChI=1S/C32H50O4/c1-19(33)36-26-13-15-30(6)24(29(26,4)5)12-16-31(7)25(30)10-9-22-21-18-28(2,3)14-11-20(21)17-23(27(34)35)32(22,31)8/h9,20-21,23-26H,10-18H2,1-8H3,(H,34,35)/t20?,21-,23+,24?,25?,26+,30+,31-,32+/m1/s1. The molecule has 0 aromatic carbocycles. The molecule has 5 aliphatic carbocycles. The van der Waals surface area contributed by atoms with Crippen LogP contribution in [-0.4, -0.2) is 23.1 Å². The maximum Gasteiger partial charge on any atom is 0.307 e. The third-order valence-electron chi connectivity index (χ3n) is 13.1. The number of carboxylic acids is 1. The molecule has 36 heavy (non-hydrogen) atoms. The molecule has 0 aromatic heterocycles. The normalized spacial score (nSPS) is 48.8. The zero-order chi connectivity index (χ0) is 26.5. The van der Waals surface area contributed by atoms with Crippen LogP contribution in [0, 0.1) is 56.7 Å². The summed E-state index contributed by atoms with van der Waals surface area (Å²) in [6.07, 6.45) is 12.1. The first-order chi connectivity index (χ1) is 16.6. The predicted octanol–water partition coefficient (Wildman–Crippen LogP) is 7.66. The fourth-order valence-corrected chi connectivity index (χ4v) is 11.2. The van der Waals surface area contributed by atoms with Gasteiger partial charge in [-0.2, -0.15) is 0 Å². The van der Waals surface area contributed by atoms with E-state index in [0.29, 0.717) is 29.1 Å². The lowest BCUT2D eigenvalue weighted by molar-refractivity contribution is -0.218. The summed E-state index contributed by atoms with van der Waals surface area (Å²) in [7, 11) is 0. The summed E-state index contributed by atoms with van der Waals surface area (Å²) >= 11 is 0. The number of fused-ring (bicyclic) bond motifs is 7. The zero-order valence-corrected chi connectivity index (χ0v) is 24.1. The van der Waals surface area contributed by atoms with Crippen LogP contribution >= 0.6 is 0 Å². The van der Waals surface area contributed by atoms with Gasteiger partial charge in [0.05, 0.1) is 5.92 Å². The number of carbonyl (C=O) groups is 2. The molecular weight excluding hydrogens is 448 g/mol. The largest absolute Gasteiger partial charge is 0.481 e. The Morgan fingerprint density at radius 3 is 2.28 bits per heavy atom. The molecule has 0 aromatic rings. The first-order valence-electron chi connectivity index (χ1n) is 14.7. The van der Waals surface area contributed by atoms with Crippen LogP contribution in [0.1, 0.15) is 113 Å². The Morgan fingerprint density at radius 1 is 0.944 bits per heavy atom. The Bertz CT molecular complexity index is 977. The van der Waals surface area contributed by atoms with E-state index in [9.17, 15) is 14.7 Å². The van der Waals surface area contributed by atoms with Crippen molar-refractivity contribution in [2.24, 2.45) is 56.7 Å². The van der Waals surface area contributed by atoms with Crippen LogP contribution in [0.3, 0.4) is 0 Å². The van der Waals surface area contributed by atoms with Gasteiger partial charge in [-0.3, -0.25) is 9.59 Å². The number of rotatable bonds is 2. The van der Waals surface area contributed by atoms with Gasteiger partial charge in [0.25, 0.3) is 0 Å². The van der Waals surface area contributed by atoms with Gasteiger partial charge in [0.1, 0.15) is 6.10 Å². The van der Waals surface area contributed by atoms with Crippen molar-refractivity contribution in [1.29, 1.82) is 0 Å². The number of allylic oxidation sites excluding steroid dienone is 2. The van der Waals surface area contributed by atoms with Crippen molar-refractivity contribution in [2.45, 2.75) is 119 Å². The van der Waals surface area contributed by atoms with Crippen LogP contribution in [0.15, 0.2) is 11.6 Å². The van der Waals surface area contributed by atoms with Crippen LogP contribution < -0.4 is 0 Å². The molecule has 0 heterocycles. The van der Waals surface area contributed by atoms with Crippen LogP contribution in [0.25, 0.3) is 0 Å². The van der Waals surface area contributed by atoms with E-state index in [1.807, 2.05) is 0 Å². The van der Waals surface area contributed by atoms with E-state index >= 15 is 0 Å². The second kappa shape index (κ2) is 8.09. The Kier molecular flexibility index (Phi) is 5.91. The van der Waals surface area contributed by atoms with Crippen molar-refractivity contribution < 1.29 is 19.4 Å². The SMILES string of the molecule is CC(=O)O[C@H]1CC[C@@]2(C)C(CC[C@]3(C)C2CC=C2[C@@H]4CC(C)(C)CCC4C[C@@H](C(=O)O)[C@]23C)C1(C)C. The molecule has 4 nitrogen and oxygen atoms in total. The topological polar surface area (TPSA) is 63.6 Å². The molecule has 4 fully saturated rings. The Hall–Kier alpha value is -1.32. The van der Waals surface area contributed by atoms with E-state index in [1.165, 1.54) is 31.8 Å². The zero-order valence-electron chi connectivity index (χ0n) is 24.1. The lowest BCUT2D eigenvalue weighted by atomic mass is 9.33. The Morgan fingerprint density at radius 2 is 1.64 bits per heavy atom. The number of hydrogen-bond acceptors (Lipinski definition) is 3. The Balaban J connectivity index is 1.58. The van der Waals surface area contributed by atoms with E-state index in [2.05, 4.69) is 54.5 Å². The highest BCUT2D eigenvalue weighted by Crippen LogP contribution is 2.75. The van der Waals surface area contributed by atoms with Crippen molar-refractivity contribution in [3.05, 3.63) is 11.6 Å².